The van der Waals surface area contributed by atoms with E-state index in [9.17, 15) is 9.36 Å². The molecule has 0 aliphatic carbocycles. The van der Waals surface area contributed by atoms with Gasteiger partial charge in [0.15, 0.2) is 0 Å². The van der Waals surface area contributed by atoms with Crippen molar-refractivity contribution in [1.29, 1.82) is 21.0 Å². The minimum absolute atomic E-state index is 0.387. The van der Waals surface area contributed by atoms with E-state index in [0.29, 0.717) is 10.9 Å². The summed E-state index contributed by atoms with van der Waals surface area (Å²) in [6.45, 7) is 12.0. The number of allylic oxidation sites excluding steroid dienone is 4. The summed E-state index contributed by atoms with van der Waals surface area (Å²) in [5.41, 5.74) is 17.8. The summed E-state index contributed by atoms with van der Waals surface area (Å²) in [7, 11) is -3.48. The Balaban J connectivity index is 0.000000897. The summed E-state index contributed by atoms with van der Waals surface area (Å²) in [4.78, 5) is 26.2. The number of benzene rings is 7. The highest BCUT2D eigenvalue weighted by Crippen LogP contribution is 2.20. The number of nitrogens with zero attached hydrogens (tertiary/aromatic N) is 4. The molecule has 0 radical (unpaired) electrons. The van der Waals surface area contributed by atoms with E-state index in [2.05, 4.69) is 152 Å². The quantitative estimate of drug-likeness (QED) is 0.0471. The molecule has 79 heavy (non-hydrogen) atoms. The van der Waals surface area contributed by atoms with Gasteiger partial charge < -0.3 is 5.73 Å². The number of carbonyl (C=O) groups excluding carboxylic acids is 1. The van der Waals surface area contributed by atoms with E-state index in [1.54, 1.807) is 30.4 Å². The molecule has 7 aromatic rings. The third-order valence-corrected chi connectivity index (χ3v) is 12.7. The van der Waals surface area contributed by atoms with Gasteiger partial charge in [0.05, 0.1) is 24.3 Å². The van der Waals surface area contributed by atoms with E-state index in [0.717, 1.165) is 63.2 Å². The zero-order valence-electron chi connectivity index (χ0n) is 43.7. The van der Waals surface area contributed by atoms with Crippen molar-refractivity contribution >= 4 is 167 Å². The van der Waals surface area contributed by atoms with E-state index in [1.165, 1.54) is 53.7 Å². The Bertz CT molecular complexity index is 3090. The van der Waals surface area contributed by atoms with Crippen molar-refractivity contribution in [3.05, 3.63) is 250 Å². The van der Waals surface area contributed by atoms with Crippen molar-refractivity contribution in [2.24, 2.45) is 0 Å². The number of aldehydes is 1. The molecule has 0 bridgehead atoms. The molecule has 7 rings (SSSR count). The van der Waals surface area contributed by atoms with Gasteiger partial charge in [-0.3, -0.25) is 4.79 Å². The molecule has 18 heteroatoms. The number of nitriles is 4. The molecule has 2 unspecified atom stereocenters. The Morgan fingerprint density at radius 2 is 0.772 bits per heavy atom. The van der Waals surface area contributed by atoms with Crippen LogP contribution in [-0.2, 0) is 9.13 Å². The Morgan fingerprint density at radius 1 is 0.481 bits per heavy atom. The number of rotatable bonds is 6. The maximum absolute atomic E-state index is 10.8. The van der Waals surface area contributed by atoms with Crippen LogP contribution < -0.4 is 11.0 Å². The number of para-hydroxylation sites is 1. The maximum Gasteiger partial charge on any atom is 0.546 e. The summed E-state index contributed by atoms with van der Waals surface area (Å²) in [5, 5.41) is 33.7. The number of nitrogens with two attached hydrogens (primary N) is 1. The summed E-state index contributed by atoms with van der Waals surface area (Å²) in [6.07, 6.45) is 13.7. The number of aryl methyl sites for hydroxylation is 6. The average Bonchev–Trinajstić information content (AvgIpc) is 3.36. The first-order valence-corrected chi connectivity index (χ1v) is 30.2. The lowest BCUT2D eigenvalue weighted by Gasteiger charge is -1.97. The number of halogens is 6. The second-order valence-corrected chi connectivity index (χ2v) is 23.4. The van der Waals surface area contributed by atoms with Crippen molar-refractivity contribution in [2.45, 2.75) is 41.5 Å². The Morgan fingerprint density at radius 3 is 1.06 bits per heavy atom. The highest BCUT2D eigenvalue weighted by atomic mass is 127. The molecule has 0 saturated heterocycles. The average molecular weight is 1570 g/mol. The first-order valence-electron chi connectivity index (χ1n) is 22.8. The smallest absolute Gasteiger partial charge is 0.399 e. The predicted molar refractivity (Wildman–Crippen MR) is 359 cm³/mol. The first kappa shape index (κ1) is 73.4. The van der Waals surface area contributed by atoms with Crippen molar-refractivity contribution in [3.63, 3.8) is 0 Å². The third-order valence-electron chi connectivity index (χ3n) is 8.91. The van der Waals surface area contributed by atoms with Gasteiger partial charge in [-0.2, -0.15) is 30.8 Å². The van der Waals surface area contributed by atoms with Gasteiger partial charge in [-0.05, 0) is 267 Å². The van der Waals surface area contributed by atoms with E-state index in [-0.39, 0.29) is 0 Å². The maximum atomic E-state index is 10.8. The highest BCUT2D eigenvalue weighted by Gasteiger charge is 2.16. The summed E-state index contributed by atoms with van der Waals surface area (Å²) in [6, 6.07) is 52.5. The Kier molecular flexibility index (Phi) is 41.1. The largest absolute Gasteiger partial charge is 0.546 e. The van der Waals surface area contributed by atoms with Crippen LogP contribution in [0.15, 0.2) is 182 Å². The third kappa shape index (κ3) is 38.6. The van der Waals surface area contributed by atoms with Gasteiger partial charge in [0.1, 0.15) is 6.29 Å². The molecule has 0 saturated carbocycles. The molecule has 0 spiro atoms. The van der Waals surface area contributed by atoms with Crippen LogP contribution in [0.2, 0.25) is 0 Å². The van der Waals surface area contributed by atoms with Gasteiger partial charge >= 0.3 is 16.7 Å². The molecule has 0 fully saturated rings. The number of carbonyl (C=O) groups is 1. The van der Waals surface area contributed by atoms with Gasteiger partial charge in [0.25, 0.3) is 0 Å². The fourth-order valence-corrected chi connectivity index (χ4v) is 11.1. The van der Waals surface area contributed by atoms with Crippen LogP contribution >= 0.6 is 126 Å². The molecule has 7 aromatic carbocycles. The minimum atomic E-state index is -2.31. The van der Waals surface area contributed by atoms with Crippen LogP contribution in [0, 0.1) is 94.0 Å². The highest BCUT2D eigenvalue weighted by molar-refractivity contribution is 14.1. The Labute approximate surface area is 528 Å². The van der Waals surface area contributed by atoms with E-state index in [4.69, 9.17) is 41.1 Å². The van der Waals surface area contributed by atoms with Crippen LogP contribution in [0.5, 0.6) is 0 Å². The number of hydrogen-bond acceptors (Lipinski definition) is 8. The van der Waals surface area contributed by atoms with Gasteiger partial charge in [-0.1, -0.05) is 106 Å². The molecule has 0 aliphatic rings. The molecule has 0 aliphatic heterocycles. The first-order chi connectivity index (χ1) is 37.5. The van der Waals surface area contributed by atoms with Crippen LogP contribution in [0.3, 0.4) is 0 Å². The fraction of sp³-hybridized carbons (Fsp3) is 0.0984. The summed E-state index contributed by atoms with van der Waals surface area (Å²) >= 11 is 18.0. The van der Waals surface area contributed by atoms with Crippen molar-refractivity contribution in [2.75, 3.05) is 5.73 Å². The van der Waals surface area contributed by atoms with Gasteiger partial charge in [0.2, 0.25) is 5.30 Å². The zero-order chi connectivity index (χ0) is 59.7. The lowest BCUT2D eigenvalue weighted by molar-refractivity contribution is 0.112. The van der Waals surface area contributed by atoms with Crippen molar-refractivity contribution in [1.82, 2.24) is 0 Å². The molecule has 0 amide bonds. The van der Waals surface area contributed by atoms with E-state index >= 15 is 0 Å². The lowest BCUT2D eigenvalue weighted by Crippen LogP contribution is -1.97. The molecule has 10 nitrogen and oxygen atoms in total. The van der Waals surface area contributed by atoms with Crippen LogP contribution in [0.25, 0.3) is 24.3 Å². The summed E-state index contributed by atoms with van der Waals surface area (Å²) in [5.74, 6) is 0. The standard InChI is InChI=1S/C10H8BrN.2C10H8IN.C10H8NO2P.C8H7BrO.C7H6Br2.C6H7N.HO2P/c3*1-8-5-9(3-2-4-12)7-10(11)6-8;1-8-5-9(3-2-4-11)7-10(6-8)14(12)13;1-6-2-7(5-10)4-8(9)3-6;1-5-2-6(8)4-7(9)3-5;7-6-4-2-1-3-5-6;1-3-2/h3*2-3,5-7H,1H3;2-3,5-7H,1H3;2-5H,1H3;2-4H,1H3;1-5H,7H2;3H/p+2/b4*3-2+;;;;. The van der Waals surface area contributed by atoms with E-state index in [1.807, 2.05) is 156 Å². The number of nitrogen functional groups attached to an aromatic ring is 1. The van der Waals surface area contributed by atoms with Crippen molar-refractivity contribution in [3.8, 4) is 24.3 Å². The molecule has 4 N–H and O–H groups in total. The van der Waals surface area contributed by atoms with Crippen LogP contribution in [-0.4, -0.2) is 16.1 Å². The molecule has 2 atom stereocenters. The second-order valence-electron chi connectivity index (χ2n) is 16.0. The van der Waals surface area contributed by atoms with Crippen LogP contribution in [0.1, 0.15) is 66.0 Å². The molecule has 404 valence electrons. The Hall–Kier alpha value is -5.57. The lowest BCUT2D eigenvalue weighted by atomic mass is 10.1. The van der Waals surface area contributed by atoms with Gasteiger partial charge in [-0.25, -0.2) is 0 Å². The monoisotopic (exact) mass is 1570 g/mol. The van der Waals surface area contributed by atoms with Crippen molar-refractivity contribution < 1.29 is 23.7 Å². The zero-order valence-corrected chi connectivity index (χ0v) is 56.2. The van der Waals surface area contributed by atoms with Crippen LogP contribution in [0.4, 0.5) is 5.69 Å². The molecule has 0 aromatic heterocycles. The molecular weight excluding hydrogens is 1520 g/mol. The molecular formula is C61H55Br4I2N5O5P2+2. The SMILES string of the molecule is Cc1cc(/C=C/C#N)cc([P+](=O)O)c1.Cc1cc(Br)cc(/C=C/C#N)c1.Cc1cc(Br)cc(Br)c1.Cc1cc(Br)cc(C=O)c1.Cc1cc(I)cc(/C=C/C#N)c1.Cc1cc(I)cc(/C=C/C#N)c1.Nc1ccccc1.O=[PH+]O. The second kappa shape index (κ2) is 44.2. The number of hydrogen-bond donors (Lipinski definition) is 3. The topological polar surface area (TPSA) is 213 Å². The fourth-order valence-electron chi connectivity index (χ4n) is 6.09. The normalized spacial score (nSPS) is 9.92. The van der Waals surface area contributed by atoms with Gasteiger partial charge in [0, 0.05) is 66.7 Å². The number of anilines is 1. The minimum Gasteiger partial charge on any atom is -0.399 e. The summed E-state index contributed by atoms with van der Waals surface area (Å²) < 4.78 is 26.0. The molecule has 0 heterocycles. The van der Waals surface area contributed by atoms with E-state index < -0.39 is 16.7 Å². The van der Waals surface area contributed by atoms with Gasteiger partial charge in [-0.15, -0.1) is 0 Å². The predicted octanol–water partition coefficient (Wildman–Crippen LogP) is 18.7.